The van der Waals surface area contributed by atoms with Crippen molar-refractivity contribution < 1.29 is 17.6 Å². The molecular weight excluding hydrogens is 438 g/mol. The van der Waals surface area contributed by atoms with E-state index >= 15 is 0 Å². The Kier molecular flexibility index (Phi) is 6.12. The number of amides is 1. The zero-order valence-electron chi connectivity index (χ0n) is 15.0. The molecule has 0 atom stereocenters. The van der Waals surface area contributed by atoms with Gasteiger partial charge >= 0.3 is 0 Å². The van der Waals surface area contributed by atoms with E-state index in [1.165, 1.54) is 24.3 Å². The molecule has 0 bridgehead atoms. The highest BCUT2D eigenvalue weighted by Crippen LogP contribution is 2.30. The first-order valence-electron chi connectivity index (χ1n) is 8.31. The number of rotatable bonds is 5. The van der Waals surface area contributed by atoms with Crippen LogP contribution in [0.3, 0.4) is 0 Å². The van der Waals surface area contributed by atoms with Crippen molar-refractivity contribution in [2.75, 3.05) is 10.0 Å². The standard InChI is InChI=1S/C20H15Cl2FN2O3S/c1-12-4-2-7-15(8-12)25-29(27,28)19-10-16(17(21)11-18(19)22)20(26)24-14-6-3-5-13(23)9-14/h2-11,25H,1H3,(H,24,26). The molecule has 29 heavy (non-hydrogen) atoms. The molecule has 1 amide bonds. The van der Waals surface area contributed by atoms with Crippen LogP contribution in [0.2, 0.25) is 10.0 Å². The zero-order chi connectivity index (χ0) is 21.2. The molecule has 3 rings (SSSR count). The molecule has 0 fully saturated rings. The van der Waals surface area contributed by atoms with Gasteiger partial charge in [-0.05, 0) is 55.0 Å². The monoisotopic (exact) mass is 452 g/mol. The highest BCUT2D eigenvalue weighted by atomic mass is 35.5. The van der Waals surface area contributed by atoms with E-state index < -0.39 is 21.7 Å². The van der Waals surface area contributed by atoms with Crippen molar-refractivity contribution in [3.63, 3.8) is 0 Å². The number of hydrogen-bond acceptors (Lipinski definition) is 3. The van der Waals surface area contributed by atoms with Crippen LogP contribution >= 0.6 is 23.2 Å². The molecule has 0 aromatic heterocycles. The van der Waals surface area contributed by atoms with E-state index in [9.17, 15) is 17.6 Å². The molecule has 0 unspecified atom stereocenters. The number of benzene rings is 3. The molecule has 0 saturated heterocycles. The third kappa shape index (κ3) is 5.06. The Morgan fingerprint density at radius 2 is 1.62 bits per heavy atom. The van der Waals surface area contributed by atoms with Gasteiger partial charge in [0.15, 0.2) is 0 Å². The van der Waals surface area contributed by atoms with E-state index in [1.807, 2.05) is 13.0 Å². The van der Waals surface area contributed by atoms with E-state index in [0.29, 0.717) is 5.69 Å². The SMILES string of the molecule is Cc1cccc(NS(=O)(=O)c2cc(C(=O)Nc3cccc(F)c3)c(Cl)cc2Cl)c1. The minimum Gasteiger partial charge on any atom is -0.322 e. The Hall–Kier alpha value is -2.61. The van der Waals surface area contributed by atoms with Gasteiger partial charge in [-0.1, -0.05) is 41.4 Å². The summed E-state index contributed by atoms with van der Waals surface area (Å²) < 4.78 is 41.4. The summed E-state index contributed by atoms with van der Waals surface area (Å²) in [6.45, 7) is 1.82. The predicted octanol–water partition coefficient (Wildman–Crippen LogP) is 5.49. The summed E-state index contributed by atoms with van der Waals surface area (Å²) in [6, 6.07) is 14.3. The number of anilines is 2. The zero-order valence-corrected chi connectivity index (χ0v) is 17.4. The summed E-state index contributed by atoms with van der Waals surface area (Å²) in [7, 11) is -4.09. The normalized spacial score (nSPS) is 11.2. The lowest BCUT2D eigenvalue weighted by atomic mass is 10.2. The fourth-order valence-electron chi connectivity index (χ4n) is 2.59. The van der Waals surface area contributed by atoms with Crippen molar-refractivity contribution >= 4 is 50.5 Å². The first kappa shape index (κ1) is 21.1. The average molecular weight is 453 g/mol. The van der Waals surface area contributed by atoms with E-state index in [1.54, 1.807) is 18.2 Å². The molecule has 0 radical (unpaired) electrons. The number of carbonyl (C=O) groups excluding carboxylic acids is 1. The molecule has 150 valence electrons. The lowest BCUT2D eigenvalue weighted by Crippen LogP contribution is -2.17. The molecule has 9 heteroatoms. The van der Waals surface area contributed by atoms with Crippen molar-refractivity contribution in [2.45, 2.75) is 11.8 Å². The number of carbonyl (C=O) groups is 1. The second kappa shape index (κ2) is 8.41. The Labute approximate surface area is 177 Å². The van der Waals surface area contributed by atoms with Crippen LogP contribution in [0.15, 0.2) is 65.6 Å². The third-order valence-electron chi connectivity index (χ3n) is 3.91. The Morgan fingerprint density at radius 1 is 0.931 bits per heavy atom. The van der Waals surface area contributed by atoms with E-state index in [-0.39, 0.29) is 26.2 Å². The predicted molar refractivity (Wildman–Crippen MR) is 113 cm³/mol. The minimum atomic E-state index is -4.09. The minimum absolute atomic E-state index is 0.0431. The molecule has 0 spiro atoms. The summed E-state index contributed by atoms with van der Waals surface area (Å²) in [6.07, 6.45) is 0. The highest BCUT2D eigenvalue weighted by Gasteiger charge is 2.23. The lowest BCUT2D eigenvalue weighted by Gasteiger charge is -2.13. The molecule has 3 aromatic rings. The van der Waals surface area contributed by atoms with Crippen LogP contribution in [0.25, 0.3) is 0 Å². The molecular formula is C20H15Cl2FN2O3S. The molecule has 5 nitrogen and oxygen atoms in total. The van der Waals surface area contributed by atoms with Crippen molar-refractivity contribution in [3.8, 4) is 0 Å². The summed E-state index contributed by atoms with van der Waals surface area (Å²) in [4.78, 5) is 12.3. The molecule has 0 heterocycles. The third-order valence-corrected chi connectivity index (χ3v) is 6.07. The fraction of sp³-hybridized carbons (Fsp3) is 0.0500. The summed E-state index contributed by atoms with van der Waals surface area (Å²) in [5.74, 6) is -1.24. The van der Waals surface area contributed by atoms with E-state index in [0.717, 1.165) is 17.7 Å². The van der Waals surface area contributed by atoms with E-state index in [2.05, 4.69) is 10.0 Å². The molecule has 0 aliphatic heterocycles. The van der Waals surface area contributed by atoms with Gasteiger partial charge in [0, 0.05) is 11.4 Å². The van der Waals surface area contributed by atoms with Crippen molar-refractivity contribution in [3.05, 3.63) is 87.7 Å². The van der Waals surface area contributed by atoms with Gasteiger partial charge < -0.3 is 5.32 Å². The first-order valence-corrected chi connectivity index (χ1v) is 10.5. The Bertz CT molecular complexity index is 1200. The maximum atomic E-state index is 13.3. The molecule has 0 saturated carbocycles. The Balaban J connectivity index is 1.95. The molecule has 3 aromatic carbocycles. The van der Waals surface area contributed by atoms with Gasteiger partial charge in [-0.3, -0.25) is 9.52 Å². The number of hydrogen-bond donors (Lipinski definition) is 2. The Morgan fingerprint density at radius 3 is 2.31 bits per heavy atom. The molecule has 0 aliphatic rings. The number of sulfonamides is 1. The largest absolute Gasteiger partial charge is 0.322 e. The first-order chi connectivity index (χ1) is 13.7. The van der Waals surface area contributed by atoms with Crippen LogP contribution in [-0.4, -0.2) is 14.3 Å². The topological polar surface area (TPSA) is 75.3 Å². The van der Waals surface area contributed by atoms with Crippen LogP contribution in [0, 0.1) is 12.7 Å². The maximum absolute atomic E-state index is 13.3. The summed E-state index contributed by atoms with van der Waals surface area (Å²) in [5, 5.41) is 2.29. The van der Waals surface area contributed by atoms with Crippen molar-refractivity contribution in [1.82, 2.24) is 0 Å². The van der Waals surface area contributed by atoms with Crippen LogP contribution in [0.1, 0.15) is 15.9 Å². The van der Waals surface area contributed by atoms with Gasteiger partial charge in [-0.25, -0.2) is 12.8 Å². The summed E-state index contributed by atoms with van der Waals surface area (Å²) in [5.41, 5.74) is 1.29. The van der Waals surface area contributed by atoms with Crippen LogP contribution in [0.4, 0.5) is 15.8 Å². The number of aryl methyl sites for hydroxylation is 1. The van der Waals surface area contributed by atoms with E-state index in [4.69, 9.17) is 23.2 Å². The van der Waals surface area contributed by atoms with Crippen molar-refractivity contribution in [2.24, 2.45) is 0 Å². The highest BCUT2D eigenvalue weighted by molar-refractivity contribution is 7.92. The van der Waals surface area contributed by atoms with Gasteiger partial charge in [-0.15, -0.1) is 0 Å². The maximum Gasteiger partial charge on any atom is 0.263 e. The smallest absolute Gasteiger partial charge is 0.263 e. The molecule has 2 N–H and O–H groups in total. The van der Waals surface area contributed by atoms with Gasteiger partial charge in [-0.2, -0.15) is 0 Å². The second-order valence-electron chi connectivity index (χ2n) is 6.20. The number of nitrogens with one attached hydrogen (secondary N) is 2. The average Bonchev–Trinajstić information content (AvgIpc) is 2.61. The number of halogens is 3. The fourth-order valence-corrected chi connectivity index (χ4v) is 4.50. The van der Waals surface area contributed by atoms with Gasteiger partial charge in [0.2, 0.25) is 0 Å². The van der Waals surface area contributed by atoms with Crippen LogP contribution in [0.5, 0.6) is 0 Å². The van der Waals surface area contributed by atoms with Crippen LogP contribution < -0.4 is 10.0 Å². The molecule has 0 aliphatic carbocycles. The summed E-state index contributed by atoms with van der Waals surface area (Å²) >= 11 is 12.2. The lowest BCUT2D eigenvalue weighted by molar-refractivity contribution is 0.102. The quantitative estimate of drug-likeness (QED) is 0.536. The second-order valence-corrected chi connectivity index (χ2v) is 8.67. The van der Waals surface area contributed by atoms with Gasteiger partial charge in [0.05, 0.1) is 15.6 Å². The van der Waals surface area contributed by atoms with Gasteiger partial charge in [0.25, 0.3) is 15.9 Å². The van der Waals surface area contributed by atoms with Gasteiger partial charge in [0.1, 0.15) is 10.7 Å². The van der Waals surface area contributed by atoms with Crippen molar-refractivity contribution in [1.29, 1.82) is 0 Å². The van der Waals surface area contributed by atoms with Crippen LogP contribution in [-0.2, 0) is 10.0 Å².